The molecule has 9 heteroatoms. The third kappa shape index (κ3) is 4.97. The predicted octanol–water partition coefficient (Wildman–Crippen LogP) is 5.38. The van der Waals surface area contributed by atoms with Gasteiger partial charge < -0.3 is 15.0 Å². The van der Waals surface area contributed by atoms with Gasteiger partial charge in [-0.3, -0.25) is 0 Å². The van der Waals surface area contributed by atoms with Crippen LogP contribution in [0, 0.1) is 5.82 Å². The minimum Gasteiger partial charge on any atom is -0.396 e. The monoisotopic (exact) mass is 458 g/mol. The largest absolute Gasteiger partial charge is 0.396 e. The maximum absolute atomic E-state index is 15.0. The Morgan fingerprint density at radius 2 is 2.06 bits per heavy atom. The molecule has 0 amide bonds. The number of rotatable bonds is 9. The molecule has 3 aromatic rings. The molecule has 0 spiro atoms. The van der Waals surface area contributed by atoms with Crippen molar-refractivity contribution in [3.05, 3.63) is 47.4 Å². The van der Waals surface area contributed by atoms with Gasteiger partial charge in [-0.05, 0) is 49.1 Å². The summed E-state index contributed by atoms with van der Waals surface area (Å²) in [6, 6.07) is 7.92. The van der Waals surface area contributed by atoms with Crippen molar-refractivity contribution in [2.45, 2.75) is 51.0 Å². The summed E-state index contributed by atoms with van der Waals surface area (Å²) in [6.45, 7) is 5.60. The molecule has 0 saturated heterocycles. The van der Waals surface area contributed by atoms with Crippen LogP contribution in [0.15, 0.2) is 30.5 Å². The lowest BCUT2D eigenvalue weighted by Crippen LogP contribution is -2.10. The number of benzene rings is 1. The number of anilines is 1. The molecule has 1 aliphatic rings. The lowest BCUT2D eigenvalue weighted by atomic mass is 10.1. The molecule has 1 aliphatic carbocycles. The van der Waals surface area contributed by atoms with Gasteiger partial charge in [0.15, 0.2) is 5.82 Å². The van der Waals surface area contributed by atoms with Crippen molar-refractivity contribution in [2.24, 2.45) is 0 Å². The number of nitrogen functional groups attached to an aromatic ring is 1. The van der Waals surface area contributed by atoms with Crippen molar-refractivity contribution in [3.63, 3.8) is 0 Å². The summed E-state index contributed by atoms with van der Waals surface area (Å²) in [5.74, 6) is 0.730. The van der Waals surface area contributed by atoms with E-state index in [0.717, 1.165) is 25.1 Å². The molecule has 2 heterocycles. The maximum atomic E-state index is 15.0. The Morgan fingerprint density at radius 3 is 2.77 bits per heavy atom. The minimum atomic E-state index is -0.489. The Kier molecular flexibility index (Phi) is 6.69. The Bertz CT molecular complexity index is 1070. The van der Waals surface area contributed by atoms with E-state index in [2.05, 4.69) is 23.1 Å². The van der Waals surface area contributed by atoms with Crippen molar-refractivity contribution in [1.29, 1.82) is 0 Å². The van der Waals surface area contributed by atoms with Gasteiger partial charge in [-0.25, -0.2) is 19.3 Å². The van der Waals surface area contributed by atoms with Gasteiger partial charge >= 0.3 is 0 Å². The molecule has 1 saturated carbocycles. The van der Waals surface area contributed by atoms with Gasteiger partial charge in [-0.1, -0.05) is 25.2 Å². The number of nitrogens with zero attached hydrogens (tertiary/aromatic N) is 4. The van der Waals surface area contributed by atoms with Crippen LogP contribution in [0.1, 0.15) is 31.0 Å². The molecule has 31 heavy (non-hydrogen) atoms. The lowest BCUT2D eigenvalue weighted by molar-refractivity contribution is 0.0765. The first-order valence-electron chi connectivity index (χ1n) is 10.5. The van der Waals surface area contributed by atoms with Gasteiger partial charge in [-0.2, -0.15) is 0 Å². The topological polar surface area (TPSA) is 78.9 Å². The first kappa shape index (κ1) is 21.9. The molecule has 4 rings (SSSR count). The fourth-order valence-corrected chi connectivity index (χ4v) is 4.58. The molecule has 0 atom stereocenters. The summed E-state index contributed by atoms with van der Waals surface area (Å²) in [4.78, 5) is 13.2. The molecule has 6 nitrogen and oxygen atoms in total. The quantitative estimate of drug-likeness (QED) is 0.201. The van der Waals surface area contributed by atoms with Crippen LogP contribution in [0.2, 0.25) is 24.4 Å². The molecule has 163 valence electrons. The molecule has 1 radical (unpaired) electrons. The third-order valence-electron chi connectivity index (χ3n) is 5.28. The number of halogens is 2. The summed E-state index contributed by atoms with van der Waals surface area (Å²) >= 11 is 6.08. The Hall–Kier alpha value is -2.29. The minimum absolute atomic E-state index is 0.0830. The lowest BCUT2D eigenvalue weighted by Gasteiger charge is -2.14. The van der Waals surface area contributed by atoms with Crippen molar-refractivity contribution in [3.8, 4) is 22.6 Å². The fraction of sp³-hybridized carbons (Fsp3) is 0.409. The number of hydrogen-bond donors (Lipinski definition) is 1. The molecular weight excluding hydrogens is 433 g/mol. The van der Waals surface area contributed by atoms with E-state index < -0.39 is 5.82 Å². The molecule has 2 N–H and O–H groups in total. The Labute approximate surface area is 188 Å². The number of nitrogens with two attached hydrogens (primary N) is 1. The highest BCUT2D eigenvalue weighted by Gasteiger charge is 2.33. The first-order chi connectivity index (χ1) is 15.0. The average Bonchev–Trinajstić information content (AvgIpc) is 3.51. The van der Waals surface area contributed by atoms with E-state index in [9.17, 15) is 4.39 Å². The van der Waals surface area contributed by atoms with Crippen molar-refractivity contribution in [2.75, 3.05) is 12.3 Å². The highest BCUT2D eigenvalue weighted by atomic mass is 35.5. The Balaban J connectivity index is 1.78. The third-order valence-corrected chi connectivity index (χ3v) is 6.81. The first-order valence-corrected chi connectivity index (χ1v) is 13.5. The van der Waals surface area contributed by atoms with E-state index in [1.807, 2.05) is 4.57 Å². The van der Waals surface area contributed by atoms with Crippen LogP contribution in [0.4, 0.5) is 10.1 Å². The smallest absolute Gasteiger partial charge is 0.222 e. The van der Waals surface area contributed by atoms with Crippen LogP contribution in [-0.2, 0) is 11.5 Å². The molecular formula is C22H26ClFN5OSi. The summed E-state index contributed by atoms with van der Waals surface area (Å²) < 4.78 is 23.0. The van der Waals surface area contributed by atoms with E-state index >= 15 is 0 Å². The van der Waals surface area contributed by atoms with Crippen LogP contribution in [-0.4, -0.2) is 34.9 Å². The zero-order valence-electron chi connectivity index (χ0n) is 17.7. The second-order valence-corrected chi connectivity index (χ2v) is 11.4. The summed E-state index contributed by atoms with van der Waals surface area (Å²) in [6.07, 6.45) is 4.72. The zero-order chi connectivity index (χ0) is 22.0. The summed E-state index contributed by atoms with van der Waals surface area (Å²) in [5, 5.41) is 0.124. The molecule has 1 aromatic carbocycles. The van der Waals surface area contributed by atoms with Gasteiger partial charge in [-0.15, -0.1) is 0 Å². The van der Waals surface area contributed by atoms with E-state index in [1.165, 1.54) is 6.04 Å². The van der Waals surface area contributed by atoms with Crippen molar-refractivity contribution in [1.82, 2.24) is 19.5 Å². The molecule has 0 aliphatic heterocycles. The van der Waals surface area contributed by atoms with E-state index in [0.29, 0.717) is 41.9 Å². The number of imidazole rings is 1. The van der Waals surface area contributed by atoms with Gasteiger partial charge in [0.05, 0.1) is 17.1 Å². The van der Waals surface area contributed by atoms with Crippen LogP contribution in [0.25, 0.3) is 22.6 Å². The maximum Gasteiger partial charge on any atom is 0.222 e. The summed E-state index contributed by atoms with van der Waals surface area (Å²) in [7, 11) is -0.270. The molecule has 2 aromatic heterocycles. The van der Waals surface area contributed by atoms with Crippen molar-refractivity contribution >= 4 is 26.1 Å². The standard InChI is InChI=1S/C22H26ClFN5OSi/c1-31(2)12-4-11-30-13-29-20(17-9-10-26-22(23)27-17)19(28-21(29)14-7-8-14)15-5-3-6-16(25)18(15)24/h3,5-6,9-10,14H,4,7-8,11-13,25H2,1-2H3. The predicted molar refractivity (Wildman–Crippen MR) is 123 cm³/mol. The van der Waals surface area contributed by atoms with Crippen molar-refractivity contribution < 1.29 is 9.13 Å². The van der Waals surface area contributed by atoms with Gasteiger partial charge in [0.25, 0.3) is 0 Å². The van der Waals surface area contributed by atoms with Crippen LogP contribution >= 0.6 is 11.6 Å². The van der Waals surface area contributed by atoms with Gasteiger partial charge in [0.1, 0.15) is 18.2 Å². The van der Waals surface area contributed by atoms with Crippen LogP contribution in [0.5, 0.6) is 0 Å². The van der Waals surface area contributed by atoms with Crippen LogP contribution in [0.3, 0.4) is 0 Å². The van der Waals surface area contributed by atoms with E-state index in [1.54, 1.807) is 30.5 Å². The highest BCUT2D eigenvalue weighted by Crippen LogP contribution is 2.44. The summed E-state index contributed by atoms with van der Waals surface area (Å²) in [5.41, 5.74) is 8.02. The normalized spacial score (nSPS) is 13.8. The molecule has 0 unspecified atom stereocenters. The second kappa shape index (κ2) is 9.46. The fourth-order valence-electron chi connectivity index (χ4n) is 3.58. The number of ether oxygens (including phenoxy) is 1. The SMILES string of the molecule is C[Si](C)CCCOCn1c(C2CC2)nc(-c2cccc(N)c2F)c1-c1ccnc(Cl)n1. The van der Waals surface area contributed by atoms with E-state index in [-0.39, 0.29) is 19.8 Å². The second-order valence-electron chi connectivity index (χ2n) is 8.14. The molecule has 0 bridgehead atoms. The average molecular weight is 459 g/mol. The van der Waals surface area contributed by atoms with Gasteiger partial charge in [0, 0.05) is 33.1 Å². The highest BCUT2D eigenvalue weighted by molar-refractivity contribution is 6.55. The zero-order valence-corrected chi connectivity index (χ0v) is 19.5. The molecule has 1 fully saturated rings. The Morgan fingerprint density at radius 1 is 1.26 bits per heavy atom. The number of aromatic nitrogens is 4. The van der Waals surface area contributed by atoms with Gasteiger partial charge in [0.2, 0.25) is 5.28 Å². The number of hydrogen-bond acceptors (Lipinski definition) is 5. The van der Waals surface area contributed by atoms with E-state index in [4.69, 9.17) is 27.1 Å². The van der Waals surface area contributed by atoms with Crippen LogP contribution < -0.4 is 5.73 Å².